The molecule has 0 saturated carbocycles. The topological polar surface area (TPSA) is 34.9 Å². The van der Waals surface area contributed by atoms with Crippen molar-refractivity contribution in [2.24, 2.45) is 0 Å². The zero-order chi connectivity index (χ0) is 18.4. The molecule has 0 spiro atoms. The van der Waals surface area contributed by atoms with E-state index < -0.39 is 0 Å². The van der Waals surface area contributed by atoms with Crippen LogP contribution in [0.4, 0.5) is 0 Å². The molecule has 0 radical (unpaired) electrons. The van der Waals surface area contributed by atoms with Gasteiger partial charge in [0.1, 0.15) is 0 Å². The molecule has 2 aromatic carbocycles. The largest absolute Gasteiger partial charge is 0.336 e. The summed E-state index contributed by atoms with van der Waals surface area (Å²) in [5, 5.41) is 0.933. The maximum atomic E-state index is 12.5. The predicted molar refractivity (Wildman–Crippen MR) is 110 cm³/mol. The van der Waals surface area contributed by atoms with Crippen LogP contribution in [0.2, 0.25) is 10.0 Å². The van der Waals surface area contributed by atoms with Gasteiger partial charge in [0, 0.05) is 29.0 Å². The van der Waals surface area contributed by atoms with E-state index in [0.29, 0.717) is 16.6 Å². The van der Waals surface area contributed by atoms with Gasteiger partial charge in [-0.15, -0.1) is 0 Å². The molecule has 1 atom stereocenters. The summed E-state index contributed by atoms with van der Waals surface area (Å²) in [6, 6.07) is 15.1. The smallest absolute Gasteiger partial charge is 0.212 e. The van der Waals surface area contributed by atoms with Gasteiger partial charge in [-0.3, -0.25) is 4.79 Å². The lowest BCUT2D eigenvalue weighted by molar-refractivity contribution is -0.107. The maximum absolute atomic E-state index is 12.5. The first-order chi connectivity index (χ1) is 12.6. The Morgan fingerprint density at radius 2 is 2.00 bits per heavy atom. The fraction of sp³-hybridized carbons (Fsp3) is 0.100. The lowest BCUT2D eigenvalue weighted by atomic mass is 10.1. The lowest BCUT2D eigenvalue weighted by Gasteiger charge is -2.17. The average molecular weight is 403 g/mol. The van der Waals surface area contributed by atoms with Crippen LogP contribution in [0.1, 0.15) is 16.4 Å². The number of rotatable bonds is 6. The van der Waals surface area contributed by atoms with E-state index in [1.54, 1.807) is 30.7 Å². The maximum Gasteiger partial charge on any atom is 0.212 e. The Bertz CT molecular complexity index is 895. The van der Waals surface area contributed by atoms with Gasteiger partial charge in [-0.25, -0.2) is 4.98 Å². The summed E-state index contributed by atoms with van der Waals surface area (Å²) < 4.78 is 1.93. The molecule has 0 aliphatic rings. The van der Waals surface area contributed by atoms with Crippen molar-refractivity contribution in [1.82, 2.24) is 9.55 Å². The summed E-state index contributed by atoms with van der Waals surface area (Å²) >= 11 is 13.6. The van der Waals surface area contributed by atoms with Crippen molar-refractivity contribution < 1.29 is 4.79 Å². The summed E-state index contributed by atoms with van der Waals surface area (Å²) in [4.78, 5) is 16.6. The Kier molecular flexibility index (Phi) is 6.56. The molecular weight excluding hydrogens is 387 g/mol. The number of nitrogens with zero attached hydrogens (tertiary/aromatic N) is 2. The number of hydrogen-bond donors (Lipinski definition) is 0. The van der Waals surface area contributed by atoms with Crippen LogP contribution in [0.3, 0.4) is 0 Å². The Labute approximate surface area is 166 Å². The number of benzene rings is 2. The van der Waals surface area contributed by atoms with Crippen LogP contribution < -0.4 is 0 Å². The number of carbonyl (C=O) groups is 1. The van der Waals surface area contributed by atoms with Gasteiger partial charge in [-0.2, -0.15) is 0 Å². The van der Waals surface area contributed by atoms with Gasteiger partial charge in [0.05, 0.1) is 11.6 Å². The molecule has 0 amide bonds. The van der Waals surface area contributed by atoms with Crippen LogP contribution in [0.5, 0.6) is 0 Å². The second-order valence-corrected chi connectivity index (χ2v) is 7.65. The van der Waals surface area contributed by atoms with Crippen LogP contribution in [-0.2, 0) is 11.3 Å². The molecule has 3 rings (SSSR count). The van der Waals surface area contributed by atoms with E-state index in [4.69, 9.17) is 23.2 Å². The summed E-state index contributed by atoms with van der Waals surface area (Å²) in [7, 11) is 0. The highest BCUT2D eigenvalue weighted by atomic mass is 35.5. The van der Waals surface area contributed by atoms with E-state index in [2.05, 4.69) is 4.98 Å². The normalized spacial score (nSPS) is 12.4. The molecule has 3 nitrogen and oxygen atoms in total. The summed E-state index contributed by atoms with van der Waals surface area (Å²) in [5.41, 5.74) is 1.85. The highest BCUT2D eigenvalue weighted by Crippen LogP contribution is 2.37. The molecule has 0 fully saturated rings. The minimum Gasteiger partial charge on any atom is -0.336 e. The molecule has 1 aromatic heterocycles. The second kappa shape index (κ2) is 9.08. The number of carbonyl (C=O) groups excluding carboxylic acids is 1. The van der Waals surface area contributed by atoms with E-state index in [9.17, 15) is 4.79 Å². The van der Waals surface area contributed by atoms with E-state index >= 15 is 0 Å². The molecule has 132 valence electrons. The number of imidazole rings is 1. The molecular formula is C20H16Cl2N2OS. The van der Waals surface area contributed by atoms with Gasteiger partial charge in [-0.1, -0.05) is 77.4 Å². The van der Waals surface area contributed by atoms with Crippen LogP contribution in [0.25, 0.3) is 6.08 Å². The minimum atomic E-state index is -0.151. The summed E-state index contributed by atoms with van der Waals surface area (Å²) in [5.74, 6) is 0. The van der Waals surface area contributed by atoms with Crippen molar-refractivity contribution in [3.63, 3.8) is 0 Å². The van der Waals surface area contributed by atoms with Crippen LogP contribution in [0.15, 0.2) is 73.3 Å². The fourth-order valence-corrected chi connectivity index (χ4v) is 4.07. The van der Waals surface area contributed by atoms with E-state index in [1.807, 2.05) is 53.2 Å². The third kappa shape index (κ3) is 5.24. The van der Waals surface area contributed by atoms with Crippen molar-refractivity contribution in [1.29, 1.82) is 0 Å². The number of thioether (sulfide) groups is 1. The third-order valence-corrected chi connectivity index (χ3v) is 5.33. The van der Waals surface area contributed by atoms with Crippen molar-refractivity contribution >= 4 is 46.2 Å². The first kappa shape index (κ1) is 18.8. The first-order valence-corrected chi connectivity index (χ1v) is 9.60. The molecule has 0 saturated heterocycles. The lowest BCUT2D eigenvalue weighted by Crippen LogP contribution is -2.07. The molecule has 6 heteroatoms. The van der Waals surface area contributed by atoms with E-state index in [-0.39, 0.29) is 10.4 Å². The Morgan fingerprint density at radius 1 is 1.19 bits per heavy atom. The van der Waals surface area contributed by atoms with Crippen molar-refractivity contribution in [2.45, 2.75) is 11.8 Å². The van der Waals surface area contributed by atoms with Gasteiger partial charge in [0.25, 0.3) is 0 Å². The summed E-state index contributed by atoms with van der Waals surface area (Å²) in [6.45, 7) is 0.580. The first-order valence-electron chi connectivity index (χ1n) is 7.96. The van der Waals surface area contributed by atoms with Gasteiger partial charge >= 0.3 is 0 Å². The van der Waals surface area contributed by atoms with Crippen LogP contribution >= 0.6 is 35.0 Å². The van der Waals surface area contributed by atoms with Gasteiger partial charge in [0.15, 0.2) is 0 Å². The second-order valence-electron chi connectivity index (χ2n) is 5.59. The van der Waals surface area contributed by atoms with E-state index in [0.717, 1.165) is 11.1 Å². The minimum absolute atomic E-state index is 0.0371. The molecule has 1 unspecified atom stereocenters. The number of halogens is 2. The van der Waals surface area contributed by atoms with Crippen molar-refractivity contribution in [3.05, 3.63) is 94.5 Å². The monoisotopic (exact) mass is 402 g/mol. The van der Waals surface area contributed by atoms with E-state index in [1.165, 1.54) is 11.8 Å². The zero-order valence-corrected chi connectivity index (χ0v) is 16.1. The highest BCUT2D eigenvalue weighted by molar-refractivity contribution is 8.14. The quantitative estimate of drug-likeness (QED) is 0.481. The Hall–Kier alpha value is -2.01. The standard InChI is InChI=1S/C20H16Cl2N2OS/c21-16-7-8-17(18(22)12-16)19(13-24-11-10-23-14-24)26-20(25)9-6-15-4-2-1-3-5-15/h1-12,14,19H,13H2/b9-6+. The van der Waals surface area contributed by atoms with Crippen molar-refractivity contribution in [3.8, 4) is 0 Å². The van der Waals surface area contributed by atoms with Gasteiger partial charge < -0.3 is 4.57 Å². The van der Waals surface area contributed by atoms with Crippen LogP contribution in [-0.4, -0.2) is 14.7 Å². The van der Waals surface area contributed by atoms with Gasteiger partial charge in [-0.05, 0) is 29.3 Å². The molecule has 0 bridgehead atoms. The van der Waals surface area contributed by atoms with Crippen molar-refractivity contribution in [2.75, 3.05) is 0 Å². The fourth-order valence-electron chi connectivity index (χ4n) is 2.46. The van der Waals surface area contributed by atoms with Crippen LogP contribution in [0, 0.1) is 0 Å². The average Bonchev–Trinajstić information content (AvgIpc) is 3.13. The third-order valence-electron chi connectivity index (χ3n) is 3.72. The molecule has 0 aliphatic carbocycles. The SMILES string of the molecule is O=C(/C=C/c1ccccc1)SC(Cn1ccnc1)c1ccc(Cl)cc1Cl. The highest BCUT2D eigenvalue weighted by Gasteiger charge is 2.19. The molecule has 1 heterocycles. The molecule has 0 N–H and O–H groups in total. The molecule has 26 heavy (non-hydrogen) atoms. The van der Waals surface area contributed by atoms with Gasteiger partial charge in [0.2, 0.25) is 5.12 Å². The Morgan fingerprint density at radius 3 is 2.69 bits per heavy atom. The number of aromatic nitrogens is 2. The number of hydrogen-bond acceptors (Lipinski definition) is 3. The summed E-state index contributed by atoms with van der Waals surface area (Å²) in [6.07, 6.45) is 8.70. The zero-order valence-electron chi connectivity index (χ0n) is 13.8. The Balaban J connectivity index is 1.79. The molecule has 0 aliphatic heterocycles. The predicted octanol–water partition coefficient (Wildman–Crippen LogP) is 5.90. The molecule has 3 aromatic rings.